The molecule has 0 saturated heterocycles. The summed E-state index contributed by atoms with van der Waals surface area (Å²) in [5, 5.41) is 8.29. The predicted molar refractivity (Wildman–Crippen MR) is 50.6 cm³/mol. The summed E-state index contributed by atoms with van der Waals surface area (Å²) in [4.78, 5) is 10.5. The monoisotopic (exact) mass is 239 g/mol. The van der Waals surface area contributed by atoms with Crippen molar-refractivity contribution in [3.8, 4) is 11.8 Å². The molecule has 0 spiro atoms. The Bertz CT molecular complexity index is 357. The van der Waals surface area contributed by atoms with Crippen LogP contribution in [0.1, 0.15) is 10.4 Å². The maximum absolute atomic E-state index is 10.5. The summed E-state index contributed by atoms with van der Waals surface area (Å²) in [6.07, 6.45) is 0.694. The Morgan fingerprint density at radius 2 is 2.38 bits per heavy atom. The zero-order chi connectivity index (χ0) is 9.68. The third kappa shape index (κ3) is 2.56. The number of halogens is 1. The Hall–Kier alpha value is -1.34. The molecule has 0 amide bonds. The van der Waals surface area contributed by atoms with Gasteiger partial charge in [0.15, 0.2) is 12.9 Å². The molecule has 0 aliphatic carbocycles. The van der Waals surface area contributed by atoms with Crippen LogP contribution in [0.2, 0.25) is 0 Å². The van der Waals surface area contributed by atoms with Gasteiger partial charge in [-0.25, -0.2) is 0 Å². The number of aldehydes is 1. The van der Waals surface area contributed by atoms with Crippen molar-refractivity contribution >= 4 is 22.2 Å². The number of nitriles is 1. The molecule has 0 N–H and O–H groups in total. The molecule has 0 fully saturated rings. The molecular formula is C9H6BrNO2. The lowest BCUT2D eigenvalue weighted by molar-refractivity contribution is 0.112. The van der Waals surface area contributed by atoms with E-state index in [1.165, 1.54) is 0 Å². The second kappa shape index (κ2) is 4.63. The van der Waals surface area contributed by atoms with Gasteiger partial charge in [-0.2, -0.15) is 5.26 Å². The first-order valence-electron chi connectivity index (χ1n) is 3.52. The second-order valence-corrected chi connectivity index (χ2v) is 3.16. The van der Waals surface area contributed by atoms with Crippen molar-refractivity contribution in [2.45, 2.75) is 0 Å². The molecule has 13 heavy (non-hydrogen) atoms. The average molecular weight is 240 g/mol. The molecular weight excluding hydrogens is 234 g/mol. The summed E-state index contributed by atoms with van der Waals surface area (Å²) in [6, 6.07) is 6.86. The first-order valence-corrected chi connectivity index (χ1v) is 4.31. The van der Waals surface area contributed by atoms with E-state index in [-0.39, 0.29) is 6.61 Å². The standard InChI is InChI=1S/C9H6BrNO2/c10-8-2-1-7(6-12)9(5-8)13-4-3-11/h1-2,5-6H,4H2. The zero-order valence-corrected chi connectivity index (χ0v) is 8.24. The van der Waals surface area contributed by atoms with Gasteiger partial charge in [-0.15, -0.1) is 0 Å². The van der Waals surface area contributed by atoms with E-state index in [4.69, 9.17) is 10.00 Å². The number of carbonyl (C=O) groups excluding carboxylic acids is 1. The highest BCUT2D eigenvalue weighted by atomic mass is 79.9. The molecule has 0 aliphatic rings. The molecule has 0 saturated carbocycles. The molecule has 66 valence electrons. The summed E-state index contributed by atoms with van der Waals surface area (Å²) in [7, 11) is 0. The van der Waals surface area contributed by atoms with Gasteiger partial charge in [0.2, 0.25) is 0 Å². The largest absolute Gasteiger partial charge is 0.478 e. The fourth-order valence-corrected chi connectivity index (χ4v) is 1.18. The van der Waals surface area contributed by atoms with Gasteiger partial charge in [-0.05, 0) is 18.2 Å². The smallest absolute Gasteiger partial charge is 0.174 e. The highest BCUT2D eigenvalue weighted by molar-refractivity contribution is 9.10. The molecule has 0 atom stereocenters. The fourth-order valence-electron chi connectivity index (χ4n) is 0.841. The lowest BCUT2D eigenvalue weighted by atomic mass is 10.2. The molecule has 0 bridgehead atoms. The van der Waals surface area contributed by atoms with E-state index in [1.54, 1.807) is 18.2 Å². The van der Waals surface area contributed by atoms with Crippen molar-refractivity contribution in [3.05, 3.63) is 28.2 Å². The highest BCUT2D eigenvalue weighted by Crippen LogP contribution is 2.22. The molecule has 4 heteroatoms. The first kappa shape index (κ1) is 9.75. The number of nitrogens with zero attached hydrogens (tertiary/aromatic N) is 1. The van der Waals surface area contributed by atoms with Crippen molar-refractivity contribution in [2.75, 3.05) is 6.61 Å². The van der Waals surface area contributed by atoms with Crippen molar-refractivity contribution in [1.82, 2.24) is 0 Å². The van der Waals surface area contributed by atoms with E-state index in [0.717, 1.165) is 4.47 Å². The minimum atomic E-state index is -0.0582. The van der Waals surface area contributed by atoms with Crippen LogP contribution in [0, 0.1) is 11.3 Å². The molecule has 1 aromatic rings. The van der Waals surface area contributed by atoms with Crippen molar-refractivity contribution < 1.29 is 9.53 Å². The van der Waals surface area contributed by atoms with Crippen LogP contribution in [0.25, 0.3) is 0 Å². The lowest BCUT2D eigenvalue weighted by Crippen LogP contribution is -1.96. The van der Waals surface area contributed by atoms with Gasteiger partial charge in [-0.1, -0.05) is 15.9 Å². The molecule has 1 rings (SSSR count). The predicted octanol–water partition coefficient (Wildman–Crippen LogP) is 2.16. The maximum atomic E-state index is 10.5. The number of carbonyl (C=O) groups is 1. The van der Waals surface area contributed by atoms with Gasteiger partial charge in [0.25, 0.3) is 0 Å². The highest BCUT2D eigenvalue weighted by Gasteiger charge is 2.02. The van der Waals surface area contributed by atoms with Crippen LogP contribution in [0.3, 0.4) is 0 Å². The Morgan fingerprint density at radius 3 is 3.00 bits per heavy atom. The number of hydrogen-bond acceptors (Lipinski definition) is 3. The van der Waals surface area contributed by atoms with Gasteiger partial charge in [-0.3, -0.25) is 4.79 Å². The van der Waals surface area contributed by atoms with Crippen LogP contribution in [-0.2, 0) is 0 Å². The normalized spacial score (nSPS) is 8.92. The van der Waals surface area contributed by atoms with Crippen LogP contribution in [-0.4, -0.2) is 12.9 Å². The zero-order valence-electron chi connectivity index (χ0n) is 6.66. The summed E-state index contributed by atoms with van der Waals surface area (Å²) in [5.41, 5.74) is 0.443. The van der Waals surface area contributed by atoms with Gasteiger partial charge in [0.1, 0.15) is 11.8 Å². The number of hydrogen-bond donors (Lipinski definition) is 0. The van der Waals surface area contributed by atoms with Crippen LogP contribution < -0.4 is 4.74 Å². The van der Waals surface area contributed by atoms with Crippen LogP contribution in [0.5, 0.6) is 5.75 Å². The van der Waals surface area contributed by atoms with E-state index < -0.39 is 0 Å². The van der Waals surface area contributed by atoms with E-state index in [0.29, 0.717) is 17.6 Å². The topological polar surface area (TPSA) is 50.1 Å². The molecule has 0 radical (unpaired) electrons. The molecule has 3 nitrogen and oxygen atoms in total. The van der Waals surface area contributed by atoms with Gasteiger partial charge < -0.3 is 4.74 Å². The van der Waals surface area contributed by atoms with Gasteiger partial charge in [0, 0.05) is 4.47 Å². The Morgan fingerprint density at radius 1 is 1.62 bits per heavy atom. The third-order valence-corrected chi connectivity index (χ3v) is 1.89. The van der Waals surface area contributed by atoms with Crippen molar-refractivity contribution in [1.29, 1.82) is 5.26 Å². The number of ether oxygens (including phenoxy) is 1. The fraction of sp³-hybridized carbons (Fsp3) is 0.111. The summed E-state index contributed by atoms with van der Waals surface area (Å²) < 4.78 is 5.85. The minimum Gasteiger partial charge on any atom is -0.478 e. The Balaban J connectivity index is 2.95. The van der Waals surface area contributed by atoms with E-state index in [1.807, 2.05) is 6.07 Å². The molecule has 1 aromatic carbocycles. The lowest BCUT2D eigenvalue weighted by Gasteiger charge is -2.04. The maximum Gasteiger partial charge on any atom is 0.174 e. The van der Waals surface area contributed by atoms with Gasteiger partial charge >= 0.3 is 0 Å². The SMILES string of the molecule is N#CCOc1cc(Br)ccc1C=O. The van der Waals surface area contributed by atoms with Crippen LogP contribution in [0.15, 0.2) is 22.7 Å². The Kier molecular flexibility index (Phi) is 3.47. The summed E-state index contributed by atoms with van der Waals surface area (Å²) in [6.45, 7) is -0.0582. The second-order valence-electron chi connectivity index (χ2n) is 2.25. The molecule has 0 aliphatic heterocycles. The van der Waals surface area contributed by atoms with E-state index in [9.17, 15) is 4.79 Å². The number of rotatable bonds is 3. The third-order valence-electron chi connectivity index (χ3n) is 1.39. The molecule has 0 heterocycles. The Labute approximate surface area is 84.1 Å². The minimum absolute atomic E-state index is 0.0582. The van der Waals surface area contributed by atoms with Crippen molar-refractivity contribution in [2.24, 2.45) is 0 Å². The molecule has 0 aromatic heterocycles. The molecule has 0 unspecified atom stereocenters. The van der Waals surface area contributed by atoms with Gasteiger partial charge in [0.05, 0.1) is 5.56 Å². The quantitative estimate of drug-likeness (QED) is 0.760. The number of benzene rings is 1. The van der Waals surface area contributed by atoms with E-state index >= 15 is 0 Å². The van der Waals surface area contributed by atoms with Crippen LogP contribution in [0.4, 0.5) is 0 Å². The van der Waals surface area contributed by atoms with E-state index in [2.05, 4.69) is 15.9 Å². The van der Waals surface area contributed by atoms with Crippen LogP contribution >= 0.6 is 15.9 Å². The van der Waals surface area contributed by atoms with Crippen molar-refractivity contribution in [3.63, 3.8) is 0 Å². The first-order chi connectivity index (χ1) is 6.27. The summed E-state index contributed by atoms with van der Waals surface area (Å²) >= 11 is 3.24. The summed E-state index contributed by atoms with van der Waals surface area (Å²) in [5.74, 6) is 0.422. The average Bonchev–Trinajstić information content (AvgIpc) is 2.15.